The molecule has 3 fully saturated rings. The highest BCUT2D eigenvalue weighted by atomic mass is 16.7. The second kappa shape index (κ2) is 18.9. The Kier molecular flexibility index (Phi) is 16.4. The number of carbonyl (C=O) groups excluding carboxylic acids is 3. The van der Waals surface area contributed by atoms with Crippen LogP contribution >= 0.6 is 0 Å². The number of ketones is 1. The van der Waals surface area contributed by atoms with Gasteiger partial charge in [-0.05, 0) is 74.9 Å². The molecule has 3 saturated heterocycles. The number of Topliss-reactive ketones (excluding diaryl/α,β-unsaturated/α-hetero) is 1. The number of esters is 2. The highest BCUT2D eigenvalue weighted by molar-refractivity contribution is 5.83. The first kappa shape index (κ1) is 47.6. The minimum atomic E-state index is -1.96. The van der Waals surface area contributed by atoms with E-state index in [0.717, 1.165) is 6.42 Å². The van der Waals surface area contributed by atoms with Crippen LogP contribution in [-0.4, -0.2) is 139 Å². The zero-order chi connectivity index (χ0) is 42.0. The monoisotopic (exact) mass is 788 g/mol. The number of nitrogens with zero attached hydrogens (tertiary/aromatic N) is 1. The molecule has 3 aliphatic rings. The maximum atomic E-state index is 14.3. The Morgan fingerprint density at radius 1 is 0.873 bits per heavy atom. The molecule has 14 nitrogen and oxygen atoms in total. The average Bonchev–Trinajstić information content (AvgIpc) is 3.11. The number of hydrogen-bond donors (Lipinski definition) is 2. The maximum absolute atomic E-state index is 14.3. The van der Waals surface area contributed by atoms with E-state index in [1.54, 1.807) is 41.7 Å². The van der Waals surface area contributed by atoms with E-state index in [1.165, 1.54) is 21.0 Å². The molecule has 0 aromatic heterocycles. The van der Waals surface area contributed by atoms with E-state index in [-0.39, 0.29) is 43.1 Å². The van der Waals surface area contributed by atoms with E-state index < -0.39 is 102 Å². The third-order valence-electron chi connectivity index (χ3n) is 12.9. The van der Waals surface area contributed by atoms with Crippen molar-refractivity contribution in [2.75, 3.05) is 28.3 Å². The van der Waals surface area contributed by atoms with Crippen LogP contribution in [-0.2, 0) is 52.3 Å². The summed E-state index contributed by atoms with van der Waals surface area (Å²) in [5, 5.41) is 23.2. The van der Waals surface area contributed by atoms with Gasteiger partial charge in [-0.2, -0.15) is 0 Å². The first-order valence-electron chi connectivity index (χ1n) is 20.1. The van der Waals surface area contributed by atoms with Crippen molar-refractivity contribution in [2.45, 2.75) is 187 Å². The third kappa shape index (κ3) is 10.5. The van der Waals surface area contributed by atoms with Gasteiger partial charge in [-0.1, -0.05) is 34.6 Å². The highest BCUT2D eigenvalue weighted by Gasteiger charge is 2.54. The Morgan fingerprint density at radius 3 is 1.98 bits per heavy atom. The molecule has 0 radical (unpaired) electrons. The van der Waals surface area contributed by atoms with Gasteiger partial charge in [0.15, 0.2) is 18.7 Å². The van der Waals surface area contributed by atoms with Crippen molar-refractivity contribution in [1.29, 1.82) is 0 Å². The molecule has 320 valence electrons. The van der Waals surface area contributed by atoms with Crippen LogP contribution in [0.5, 0.6) is 0 Å². The van der Waals surface area contributed by atoms with Crippen LogP contribution in [0.1, 0.15) is 109 Å². The quantitative estimate of drug-likeness (QED) is 0.318. The number of carbonyl (C=O) groups is 3. The van der Waals surface area contributed by atoms with E-state index in [1.807, 2.05) is 41.8 Å². The topological polar surface area (TPSA) is 169 Å². The molecule has 2 N–H and O–H groups in total. The number of rotatable bonds is 9. The third-order valence-corrected chi connectivity index (χ3v) is 12.9. The fraction of sp³-hybridized carbons (Fsp3) is 0.927. The van der Waals surface area contributed by atoms with Gasteiger partial charge in [-0.25, -0.2) is 0 Å². The molecule has 0 bridgehead atoms. The molecule has 14 heteroatoms. The average molecular weight is 788 g/mol. The summed E-state index contributed by atoms with van der Waals surface area (Å²) in [6.45, 7) is 21.0. The molecule has 0 aliphatic carbocycles. The lowest BCUT2D eigenvalue weighted by molar-refractivity contribution is -0.315. The maximum Gasteiger partial charge on any atom is 0.311 e. The molecule has 3 heterocycles. The van der Waals surface area contributed by atoms with E-state index in [0.29, 0.717) is 0 Å². The predicted molar refractivity (Wildman–Crippen MR) is 204 cm³/mol. The Bertz CT molecular complexity index is 1300. The summed E-state index contributed by atoms with van der Waals surface area (Å²) in [6, 6.07) is 0.146. The van der Waals surface area contributed by atoms with Crippen molar-refractivity contribution in [1.82, 2.24) is 4.90 Å². The lowest BCUT2D eigenvalue weighted by Gasteiger charge is -2.50. The van der Waals surface area contributed by atoms with Crippen molar-refractivity contribution in [3.63, 3.8) is 0 Å². The number of ether oxygens (including phenoxy) is 8. The molecular formula is C41H73NO13. The summed E-state index contributed by atoms with van der Waals surface area (Å²) >= 11 is 0. The summed E-state index contributed by atoms with van der Waals surface area (Å²) in [5.41, 5.74) is -4.12. The first-order chi connectivity index (χ1) is 25.4. The normalized spacial score (nSPS) is 46.9. The van der Waals surface area contributed by atoms with Crippen molar-refractivity contribution in [3.8, 4) is 0 Å². The molecule has 0 spiro atoms. The van der Waals surface area contributed by atoms with E-state index in [4.69, 9.17) is 37.9 Å². The Hall–Kier alpha value is -1.75. The van der Waals surface area contributed by atoms with Crippen LogP contribution in [0.4, 0.5) is 0 Å². The molecule has 3 unspecified atom stereocenters. The summed E-state index contributed by atoms with van der Waals surface area (Å²) in [6.07, 6.45) is -6.28. The summed E-state index contributed by atoms with van der Waals surface area (Å²) in [5.74, 6) is -4.75. The Morgan fingerprint density at radius 2 is 1.45 bits per heavy atom. The lowest BCUT2D eigenvalue weighted by Crippen LogP contribution is -2.61. The van der Waals surface area contributed by atoms with Crippen LogP contribution < -0.4 is 0 Å². The summed E-state index contributed by atoms with van der Waals surface area (Å²) in [4.78, 5) is 42.6. The molecule has 0 amide bonds. The van der Waals surface area contributed by atoms with Crippen LogP contribution in [0, 0.1) is 29.6 Å². The van der Waals surface area contributed by atoms with Gasteiger partial charge in [-0.3, -0.25) is 14.4 Å². The number of methoxy groups -OCH3 is 2. The molecule has 3 aliphatic heterocycles. The second-order valence-corrected chi connectivity index (χ2v) is 17.6. The van der Waals surface area contributed by atoms with Crippen molar-refractivity contribution in [3.05, 3.63) is 0 Å². The Balaban J connectivity index is 2.23. The predicted octanol–water partition coefficient (Wildman–Crippen LogP) is 4.29. The fourth-order valence-corrected chi connectivity index (χ4v) is 9.30. The van der Waals surface area contributed by atoms with Gasteiger partial charge in [0.2, 0.25) is 0 Å². The number of aliphatic hydroxyl groups is 2. The molecule has 18 atom stereocenters. The number of hydrogen-bond acceptors (Lipinski definition) is 14. The van der Waals surface area contributed by atoms with Crippen molar-refractivity contribution < 1.29 is 62.5 Å². The summed E-state index contributed by atoms with van der Waals surface area (Å²) < 4.78 is 50.8. The molecular weight excluding hydrogens is 714 g/mol. The summed E-state index contributed by atoms with van der Waals surface area (Å²) in [7, 11) is 7.16. The zero-order valence-corrected chi connectivity index (χ0v) is 36.3. The van der Waals surface area contributed by atoms with Crippen molar-refractivity contribution >= 4 is 17.7 Å². The molecule has 55 heavy (non-hydrogen) atoms. The van der Waals surface area contributed by atoms with Crippen LogP contribution in [0.3, 0.4) is 0 Å². The zero-order valence-electron chi connectivity index (χ0n) is 36.3. The number of cyclic esters (lactones) is 1. The van der Waals surface area contributed by atoms with Crippen LogP contribution in [0.2, 0.25) is 0 Å². The van der Waals surface area contributed by atoms with Gasteiger partial charge in [0.25, 0.3) is 0 Å². The van der Waals surface area contributed by atoms with Gasteiger partial charge < -0.3 is 53.0 Å². The van der Waals surface area contributed by atoms with Gasteiger partial charge in [0, 0.05) is 57.3 Å². The van der Waals surface area contributed by atoms with E-state index in [2.05, 4.69) is 11.8 Å². The fourth-order valence-electron chi connectivity index (χ4n) is 9.30. The smallest absolute Gasteiger partial charge is 0.311 e. The number of aliphatic hydroxyl groups excluding tert-OH is 1. The first-order valence-corrected chi connectivity index (χ1v) is 20.1. The van der Waals surface area contributed by atoms with Gasteiger partial charge in [0.05, 0.1) is 42.0 Å². The largest absolute Gasteiger partial charge is 0.459 e. The molecule has 3 rings (SSSR count). The second-order valence-electron chi connectivity index (χ2n) is 17.6. The SMILES string of the molecule is CC[C@H]1OC(=O)[C@H](C)[C@@H](OC2C[C@@](C)(OC)[C@@H](OC(C)=O)[C@H](C)O2)[C@H](C)[C@@H](OC2O[C@H](C)C[C@H](N(C)C)C2C)[C@@](C)(OC)C[C@@H](C)C(=O)[C@H](C)[C@@H](O)[C@]1(C)O. The molecule has 0 aromatic rings. The highest BCUT2D eigenvalue weighted by Crippen LogP contribution is 2.42. The lowest BCUT2D eigenvalue weighted by atomic mass is 9.73. The van der Waals surface area contributed by atoms with Gasteiger partial charge in [0.1, 0.15) is 23.1 Å². The molecule has 0 aromatic carbocycles. The van der Waals surface area contributed by atoms with Crippen LogP contribution in [0.15, 0.2) is 0 Å². The van der Waals surface area contributed by atoms with Gasteiger partial charge in [-0.15, -0.1) is 0 Å². The Labute approximate surface area is 329 Å². The van der Waals surface area contributed by atoms with E-state index >= 15 is 0 Å². The van der Waals surface area contributed by atoms with Crippen molar-refractivity contribution in [2.24, 2.45) is 29.6 Å². The van der Waals surface area contributed by atoms with E-state index in [9.17, 15) is 24.6 Å². The van der Waals surface area contributed by atoms with Gasteiger partial charge >= 0.3 is 11.9 Å². The van der Waals surface area contributed by atoms with Crippen LogP contribution in [0.25, 0.3) is 0 Å². The molecule has 0 saturated carbocycles. The minimum absolute atomic E-state index is 0.0701. The minimum Gasteiger partial charge on any atom is -0.459 e. The standard InChI is InChI=1S/C41H73NO13/c1-17-30-41(12,47)34(45)24(5)32(44)21(2)19-39(10,48-15)35(55-38-23(4)29(42(13)14)18-22(3)50-38)25(6)33(26(7)37(46)53-30)54-31-20-40(11,49-16)36(27(8)51-31)52-28(9)43/h21-27,29-31,33-36,38,45,47H,17-20H2,1-16H3/t21-,22-,23?,24+,25+,26-,27+,29+,30-,31?,33+,34-,35-,36+,38?,39+,40-,41-/m1/s1.